The van der Waals surface area contributed by atoms with Gasteiger partial charge in [-0.05, 0) is 12.8 Å². The van der Waals surface area contributed by atoms with Crippen LogP contribution in [0.1, 0.15) is 12.8 Å². The first-order valence-corrected chi connectivity index (χ1v) is 7.13. The van der Waals surface area contributed by atoms with Gasteiger partial charge in [0, 0.05) is 38.7 Å². The first-order valence-electron chi connectivity index (χ1n) is 5.97. The zero-order valence-electron chi connectivity index (χ0n) is 11.5. The van der Waals surface area contributed by atoms with Gasteiger partial charge in [-0.15, -0.1) is 37.1 Å². The van der Waals surface area contributed by atoms with Crippen LogP contribution >= 0.6 is 35.7 Å². The minimum atomic E-state index is 0. The Kier molecular flexibility index (Phi) is 16.7. The molecule has 0 aliphatic heterocycles. The quantitative estimate of drug-likeness (QED) is 0.218. The number of unbranched alkanes of at least 4 members (excludes halogenated alkanes) is 1. The van der Waals surface area contributed by atoms with Crippen molar-refractivity contribution in [3.8, 4) is 0 Å². The zero-order chi connectivity index (χ0) is 12.9. The van der Waals surface area contributed by atoms with Gasteiger partial charge in [0.25, 0.3) is 0 Å². The Hall–Kier alpha value is -0.170. The van der Waals surface area contributed by atoms with Crippen LogP contribution in [0.25, 0.3) is 0 Å². The lowest BCUT2D eigenvalue weighted by Gasteiger charge is -2.21. The molecule has 0 spiro atoms. The number of nitrogens with one attached hydrogen (secondary N) is 1. The molecule has 0 bridgehead atoms. The molecule has 0 unspecified atom stereocenters. The van der Waals surface area contributed by atoms with Gasteiger partial charge in [-0.3, -0.25) is 4.99 Å². The van der Waals surface area contributed by atoms with E-state index >= 15 is 0 Å². The van der Waals surface area contributed by atoms with Crippen molar-refractivity contribution in [1.29, 1.82) is 0 Å². The normalized spacial score (nSPS) is 10.4. The summed E-state index contributed by atoms with van der Waals surface area (Å²) in [6.45, 7) is 9.37. The molecular weight excluding hydrogens is 357 g/mol. The molecule has 0 saturated heterocycles. The molecule has 0 saturated carbocycles. The second kappa shape index (κ2) is 14.9. The lowest BCUT2D eigenvalue weighted by molar-refractivity contribution is 0.472. The molecule has 0 aromatic heterocycles. The number of nitrogens with zero attached hydrogens (tertiary/aromatic N) is 2. The van der Waals surface area contributed by atoms with Gasteiger partial charge in [0.05, 0.1) is 0 Å². The van der Waals surface area contributed by atoms with E-state index in [0.29, 0.717) is 0 Å². The maximum absolute atomic E-state index is 4.26. The van der Waals surface area contributed by atoms with Crippen molar-refractivity contribution in [3.63, 3.8) is 0 Å². The van der Waals surface area contributed by atoms with Gasteiger partial charge < -0.3 is 10.2 Å². The van der Waals surface area contributed by atoms with Gasteiger partial charge in [-0.25, -0.2) is 0 Å². The van der Waals surface area contributed by atoms with Crippen LogP contribution in [0.4, 0.5) is 0 Å². The summed E-state index contributed by atoms with van der Waals surface area (Å²) in [5, 5.41) is 3.35. The third-order valence-corrected chi connectivity index (χ3v) is 3.20. The fourth-order valence-corrected chi connectivity index (χ4v) is 1.94. The molecule has 106 valence electrons. The largest absolute Gasteiger partial charge is 0.355 e. The van der Waals surface area contributed by atoms with Gasteiger partial charge in [-0.2, -0.15) is 11.8 Å². The van der Waals surface area contributed by atoms with Crippen molar-refractivity contribution < 1.29 is 0 Å². The topological polar surface area (TPSA) is 27.6 Å². The highest BCUT2D eigenvalue weighted by Gasteiger charge is 2.03. The van der Waals surface area contributed by atoms with E-state index in [1.165, 1.54) is 0 Å². The zero-order valence-corrected chi connectivity index (χ0v) is 14.7. The fourth-order valence-electron chi connectivity index (χ4n) is 1.37. The van der Waals surface area contributed by atoms with E-state index in [1.54, 1.807) is 0 Å². The van der Waals surface area contributed by atoms with E-state index in [-0.39, 0.29) is 24.0 Å². The second-order valence-electron chi connectivity index (χ2n) is 3.69. The van der Waals surface area contributed by atoms with Crippen LogP contribution in [0.15, 0.2) is 30.3 Å². The van der Waals surface area contributed by atoms with Crippen molar-refractivity contribution in [3.05, 3.63) is 25.3 Å². The van der Waals surface area contributed by atoms with E-state index in [2.05, 4.69) is 35.4 Å². The van der Waals surface area contributed by atoms with Gasteiger partial charge in [-0.1, -0.05) is 12.2 Å². The smallest absolute Gasteiger partial charge is 0.193 e. The molecule has 0 aromatic rings. The lowest BCUT2D eigenvalue weighted by atomic mass is 10.3. The minimum Gasteiger partial charge on any atom is -0.355 e. The molecule has 0 heterocycles. The van der Waals surface area contributed by atoms with Crippen LogP contribution in [-0.2, 0) is 0 Å². The molecule has 0 aliphatic carbocycles. The summed E-state index contributed by atoms with van der Waals surface area (Å²) in [5.41, 5.74) is 0. The molecule has 0 aromatic carbocycles. The third-order valence-electron chi connectivity index (χ3n) is 2.24. The molecule has 0 fully saturated rings. The number of hydrogen-bond acceptors (Lipinski definition) is 2. The van der Waals surface area contributed by atoms with Crippen LogP contribution in [0.2, 0.25) is 0 Å². The van der Waals surface area contributed by atoms with Crippen molar-refractivity contribution >= 4 is 41.7 Å². The highest BCUT2D eigenvalue weighted by atomic mass is 127. The van der Waals surface area contributed by atoms with E-state index < -0.39 is 0 Å². The first-order chi connectivity index (χ1) is 8.26. The van der Waals surface area contributed by atoms with E-state index in [9.17, 15) is 0 Å². The molecule has 0 atom stereocenters. The van der Waals surface area contributed by atoms with Crippen molar-refractivity contribution in [2.75, 3.05) is 38.7 Å². The van der Waals surface area contributed by atoms with Crippen LogP contribution in [0.3, 0.4) is 0 Å². The van der Waals surface area contributed by atoms with E-state index in [1.807, 2.05) is 31.0 Å². The second-order valence-corrected chi connectivity index (χ2v) is 4.84. The maximum Gasteiger partial charge on any atom is 0.193 e. The van der Waals surface area contributed by atoms with Gasteiger partial charge in [0.2, 0.25) is 0 Å². The van der Waals surface area contributed by atoms with Crippen LogP contribution in [-0.4, -0.2) is 49.6 Å². The van der Waals surface area contributed by atoms with Gasteiger partial charge in [0.15, 0.2) is 5.96 Å². The Labute approximate surface area is 133 Å². The average Bonchev–Trinajstić information content (AvgIpc) is 2.34. The molecule has 0 rings (SSSR count). The number of rotatable bonds is 9. The van der Waals surface area contributed by atoms with Crippen molar-refractivity contribution in [2.45, 2.75) is 12.8 Å². The summed E-state index contributed by atoms with van der Waals surface area (Å²) in [6, 6.07) is 0. The van der Waals surface area contributed by atoms with E-state index in [4.69, 9.17) is 0 Å². The average molecular weight is 383 g/mol. The molecule has 0 radical (unpaired) electrons. The molecule has 3 nitrogen and oxygen atoms in total. The molecule has 18 heavy (non-hydrogen) atoms. The highest BCUT2D eigenvalue weighted by Crippen LogP contribution is 1.98. The Balaban J connectivity index is 0. The van der Waals surface area contributed by atoms with Crippen LogP contribution < -0.4 is 5.32 Å². The van der Waals surface area contributed by atoms with Gasteiger partial charge >= 0.3 is 0 Å². The summed E-state index contributed by atoms with van der Waals surface area (Å²) in [4.78, 5) is 6.42. The Bertz CT molecular complexity index is 244. The first kappa shape index (κ1) is 20.2. The predicted molar refractivity (Wildman–Crippen MR) is 96.4 cm³/mol. The standard InChI is InChI=1S/C13H25N3S.HI/c1-5-7-8-10-16(4)13(14-3)15-9-12-17-11-6-2;/h5-6H,1-2,7-12H2,3-4H3,(H,14,15);1H. The number of halogens is 1. The fraction of sp³-hybridized carbons (Fsp3) is 0.615. The summed E-state index contributed by atoms with van der Waals surface area (Å²) in [6.07, 6.45) is 6.05. The van der Waals surface area contributed by atoms with Crippen LogP contribution in [0.5, 0.6) is 0 Å². The highest BCUT2D eigenvalue weighted by molar-refractivity contribution is 14.0. The lowest BCUT2D eigenvalue weighted by Crippen LogP contribution is -2.40. The minimum absolute atomic E-state index is 0. The Morgan fingerprint density at radius 3 is 2.67 bits per heavy atom. The van der Waals surface area contributed by atoms with Gasteiger partial charge in [0.1, 0.15) is 0 Å². The molecule has 5 heteroatoms. The third kappa shape index (κ3) is 11.0. The number of thioether (sulfide) groups is 1. The summed E-state index contributed by atoms with van der Waals surface area (Å²) in [7, 11) is 3.89. The molecule has 0 aliphatic rings. The summed E-state index contributed by atoms with van der Waals surface area (Å²) < 4.78 is 0. The SMILES string of the molecule is C=CCCCN(C)C(=NC)NCCSCC=C.I. The number of allylic oxidation sites excluding steroid dienone is 1. The summed E-state index contributed by atoms with van der Waals surface area (Å²) >= 11 is 1.87. The Morgan fingerprint density at radius 2 is 2.11 bits per heavy atom. The molecule has 0 amide bonds. The maximum atomic E-state index is 4.26. The summed E-state index contributed by atoms with van der Waals surface area (Å²) in [5.74, 6) is 3.05. The number of hydrogen-bond donors (Lipinski definition) is 1. The van der Waals surface area contributed by atoms with Crippen LogP contribution in [0, 0.1) is 0 Å². The van der Waals surface area contributed by atoms with Crippen molar-refractivity contribution in [1.82, 2.24) is 10.2 Å². The molecular formula is C13H26IN3S. The number of aliphatic imine (C=N–C) groups is 1. The number of guanidine groups is 1. The molecule has 1 N–H and O–H groups in total. The van der Waals surface area contributed by atoms with E-state index in [0.717, 1.165) is 43.4 Å². The Morgan fingerprint density at radius 1 is 1.39 bits per heavy atom. The predicted octanol–water partition coefficient (Wildman–Crippen LogP) is 3.00. The monoisotopic (exact) mass is 383 g/mol. The van der Waals surface area contributed by atoms with Crippen molar-refractivity contribution in [2.24, 2.45) is 4.99 Å².